The number of rotatable bonds is 3. The normalized spacial score (nSPS) is 14.9. The van der Waals surface area contributed by atoms with Crippen molar-refractivity contribution < 1.29 is 14.0 Å². The minimum absolute atomic E-state index is 0.0271. The van der Waals surface area contributed by atoms with Gasteiger partial charge in [0, 0.05) is 30.3 Å². The van der Waals surface area contributed by atoms with Crippen LogP contribution in [0.5, 0.6) is 0 Å². The Morgan fingerprint density at radius 2 is 1.74 bits per heavy atom. The van der Waals surface area contributed by atoms with Crippen LogP contribution >= 0.6 is 0 Å². The summed E-state index contributed by atoms with van der Waals surface area (Å²) in [7, 11) is 0. The first kappa shape index (κ1) is 19.0. The molecule has 1 aliphatic rings. The summed E-state index contributed by atoms with van der Waals surface area (Å²) in [5.41, 5.74) is 3.98. The first-order valence-corrected chi connectivity index (χ1v) is 9.15. The minimum atomic E-state index is -0.363. The van der Waals surface area contributed by atoms with Gasteiger partial charge in [-0.1, -0.05) is 0 Å². The first-order chi connectivity index (χ1) is 12.8. The molecule has 1 saturated heterocycles. The van der Waals surface area contributed by atoms with Gasteiger partial charge in [0.05, 0.1) is 11.4 Å². The number of halogens is 1. The largest absolute Gasteiger partial charge is 0.339 e. The Bertz CT molecular complexity index is 833. The molecule has 1 aliphatic heterocycles. The fraction of sp³-hybridized carbons (Fsp3) is 0.381. The second-order valence-corrected chi connectivity index (χ2v) is 7.10. The number of carbonyl (C=O) groups is 2. The summed E-state index contributed by atoms with van der Waals surface area (Å²) in [4.78, 5) is 31.3. The molecular weight excluding hydrogens is 345 g/mol. The standard InChI is InChI=1S/C21H24FN3O2/c1-13-12-14(2)23-15(3)19(13)24-20(26)16-8-10-25(11-9-16)21(27)17-4-6-18(22)7-5-17/h4-7,12,16H,8-11H2,1-3H3,(H,24,26). The summed E-state index contributed by atoms with van der Waals surface area (Å²) in [5.74, 6) is -0.649. The van der Waals surface area contributed by atoms with E-state index in [9.17, 15) is 14.0 Å². The molecular formula is C21H24FN3O2. The average molecular weight is 369 g/mol. The number of pyridine rings is 1. The monoisotopic (exact) mass is 369 g/mol. The lowest BCUT2D eigenvalue weighted by atomic mass is 9.95. The number of aromatic nitrogens is 1. The molecule has 1 N–H and O–H groups in total. The number of piperidine rings is 1. The fourth-order valence-electron chi connectivity index (χ4n) is 3.56. The van der Waals surface area contributed by atoms with Crippen LogP contribution in [-0.4, -0.2) is 34.8 Å². The van der Waals surface area contributed by atoms with Gasteiger partial charge in [0.15, 0.2) is 0 Å². The number of carbonyl (C=O) groups excluding carboxylic acids is 2. The molecule has 2 heterocycles. The van der Waals surface area contributed by atoms with Gasteiger partial charge in [-0.15, -0.1) is 0 Å². The number of benzene rings is 1. The summed E-state index contributed by atoms with van der Waals surface area (Å²) in [6, 6.07) is 7.51. The lowest BCUT2D eigenvalue weighted by Crippen LogP contribution is -2.41. The van der Waals surface area contributed by atoms with Crippen molar-refractivity contribution in [2.75, 3.05) is 18.4 Å². The number of aryl methyl sites for hydroxylation is 3. The van der Waals surface area contributed by atoms with Crippen molar-refractivity contribution in [2.45, 2.75) is 33.6 Å². The molecule has 0 unspecified atom stereocenters. The molecule has 1 fully saturated rings. The molecule has 3 rings (SSSR count). The predicted octanol–water partition coefficient (Wildman–Crippen LogP) is 3.64. The second-order valence-electron chi connectivity index (χ2n) is 7.10. The van der Waals surface area contributed by atoms with Crippen LogP contribution in [0.1, 0.15) is 40.2 Å². The van der Waals surface area contributed by atoms with Crippen molar-refractivity contribution in [1.29, 1.82) is 0 Å². The topological polar surface area (TPSA) is 62.3 Å². The van der Waals surface area contributed by atoms with Crippen LogP contribution < -0.4 is 5.32 Å². The molecule has 0 spiro atoms. The average Bonchev–Trinajstić information content (AvgIpc) is 2.64. The van der Waals surface area contributed by atoms with Gasteiger partial charge < -0.3 is 10.2 Å². The summed E-state index contributed by atoms with van der Waals surface area (Å²) in [6.45, 7) is 6.80. The van der Waals surface area contributed by atoms with Crippen LogP contribution in [0.2, 0.25) is 0 Å². The Hall–Kier alpha value is -2.76. The van der Waals surface area contributed by atoms with Crippen LogP contribution in [0.4, 0.5) is 10.1 Å². The molecule has 2 aromatic rings. The van der Waals surface area contributed by atoms with E-state index >= 15 is 0 Å². The predicted molar refractivity (Wildman–Crippen MR) is 102 cm³/mol. The Balaban J connectivity index is 1.59. The molecule has 0 bridgehead atoms. The van der Waals surface area contributed by atoms with Crippen LogP contribution in [0.25, 0.3) is 0 Å². The summed E-state index contributed by atoms with van der Waals surface area (Å²) < 4.78 is 13.0. The smallest absolute Gasteiger partial charge is 0.253 e. The van der Waals surface area contributed by atoms with E-state index in [-0.39, 0.29) is 23.5 Å². The molecule has 0 aliphatic carbocycles. The van der Waals surface area contributed by atoms with Gasteiger partial charge in [0.1, 0.15) is 5.82 Å². The maximum Gasteiger partial charge on any atom is 0.253 e. The van der Waals surface area contributed by atoms with Crippen LogP contribution in [0, 0.1) is 32.5 Å². The number of anilines is 1. The zero-order valence-electron chi connectivity index (χ0n) is 15.9. The highest BCUT2D eigenvalue weighted by molar-refractivity contribution is 5.95. The third-order valence-electron chi connectivity index (χ3n) is 5.02. The quantitative estimate of drug-likeness (QED) is 0.899. The van der Waals surface area contributed by atoms with Gasteiger partial charge in [0.25, 0.3) is 5.91 Å². The maximum absolute atomic E-state index is 13.0. The van der Waals surface area contributed by atoms with E-state index < -0.39 is 0 Å². The number of nitrogens with zero attached hydrogens (tertiary/aromatic N) is 2. The zero-order valence-corrected chi connectivity index (χ0v) is 15.9. The van der Waals surface area contributed by atoms with Gasteiger partial charge in [-0.25, -0.2) is 4.39 Å². The summed E-state index contributed by atoms with van der Waals surface area (Å²) in [6.07, 6.45) is 1.21. The van der Waals surface area contributed by atoms with Crippen molar-refractivity contribution >= 4 is 17.5 Å². The zero-order chi connectivity index (χ0) is 19.6. The Labute approximate surface area is 158 Å². The fourth-order valence-corrected chi connectivity index (χ4v) is 3.56. The highest BCUT2D eigenvalue weighted by Crippen LogP contribution is 2.24. The molecule has 0 saturated carbocycles. The van der Waals surface area contributed by atoms with Crippen molar-refractivity contribution in [1.82, 2.24) is 9.88 Å². The lowest BCUT2D eigenvalue weighted by Gasteiger charge is -2.31. The molecule has 142 valence electrons. The van der Waals surface area contributed by atoms with E-state index in [1.807, 2.05) is 26.8 Å². The third kappa shape index (κ3) is 4.32. The Morgan fingerprint density at radius 1 is 1.11 bits per heavy atom. The first-order valence-electron chi connectivity index (χ1n) is 9.15. The molecule has 6 heteroatoms. The van der Waals surface area contributed by atoms with Gasteiger partial charge in [-0.3, -0.25) is 14.6 Å². The number of nitrogens with one attached hydrogen (secondary N) is 1. The van der Waals surface area contributed by atoms with Crippen molar-refractivity contribution in [3.05, 3.63) is 58.7 Å². The van der Waals surface area contributed by atoms with Gasteiger partial charge in [-0.05, 0) is 69.5 Å². The number of hydrogen-bond donors (Lipinski definition) is 1. The van der Waals surface area contributed by atoms with Crippen LogP contribution in [-0.2, 0) is 4.79 Å². The van der Waals surface area contributed by atoms with E-state index in [0.717, 1.165) is 22.6 Å². The molecule has 1 aromatic carbocycles. The second kappa shape index (κ2) is 7.86. The lowest BCUT2D eigenvalue weighted by molar-refractivity contribution is -0.121. The van der Waals surface area contributed by atoms with E-state index in [0.29, 0.717) is 31.5 Å². The molecule has 0 radical (unpaired) electrons. The Morgan fingerprint density at radius 3 is 2.33 bits per heavy atom. The Kier molecular flexibility index (Phi) is 5.54. The number of amides is 2. The SMILES string of the molecule is Cc1cc(C)c(NC(=O)C2CCN(C(=O)c3ccc(F)cc3)CC2)c(C)n1. The van der Waals surface area contributed by atoms with Gasteiger partial charge in [-0.2, -0.15) is 0 Å². The van der Waals surface area contributed by atoms with Crippen molar-refractivity contribution in [3.63, 3.8) is 0 Å². The van der Waals surface area contributed by atoms with Gasteiger partial charge >= 0.3 is 0 Å². The van der Waals surface area contributed by atoms with Crippen molar-refractivity contribution in [3.8, 4) is 0 Å². The maximum atomic E-state index is 13.0. The van der Waals surface area contributed by atoms with Crippen LogP contribution in [0.15, 0.2) is 30.3 Å². The van der Waals surface area contributed by atoms with E-state index in [1.165, 1.54) is 24.3 Å². The number of hydrogen-bond acceptors (Lipinski definition) is 3. The molecule has 0 atom stereocenters. The van der Waals surface area contributed by atoms with E-state index in [1.54, 1.807) is 4.90 Å². The highest BCUT2D eigenvalue weighted by atomic mass is 19.1. The molecule has 1 aromatic heterocycles. The molecule has 2 amide bonds. The van der Waals surface area contributed by atoms with E-state index in [2.05, 4.69) is 10.3 Å². The highest BCUT2D eigenvalue weighted by Gasteiger charge is 2.28. The molecule has 5 nitrogen and oxygen atoms in total. The van der Waals surface area contributed by atoms with Crippen LogP contribution in [0.3, 0.4) is 0 Å². The minimum Gasteiger partial charge on any atom is -0.339 e. The number of likely N-dealkylation sites (tertiary alicyclic amines) is 1. The molecule has 27 heavy (non-hydrogen) atoms. The summed E-state index contributed by atoms with van der Waals surface area (Å²) in [5, 5.41) is 3.01. The summed E-state index contributed by atoms with van der Waals surface area (Å²) >= 11 is 0. The van der Waals surface area contributed by atoms with E-state index in [4.69, 9.17) is 0 Å². The third-order valence-corrected chi connectivity index (χ3v) is 5.02. The van der Waals surface area contributed by atoms with Gasteiger partial charge in [0.2, 0.25) is 5.91 Å². The van der Waals surface area contributed by atoms with Crippen molar-refractivity contribution in [2.24, 2.45) is 5.92 Å².